The number of thioether (sulfide) groups is 1. The SMILES string of the molecule is CCSCC(C)n1c(=S)[nH]c2c(S(C)(=O)=O)cccc21. The number of nitrogens with one attached hydrogen (secondary N) is 1. The van der Waals surface area contributed by atoms with E-state index in [1.165, 1.54) is 6.26 Å². The number of sulfone groups is 1. The van der Waals surface area contributed by atoms with E-state index in [1.54, 1.807) is 12.1 Å². The lowest BCUT2D eigenvalue weighted by Gasteiger charge is -2.14. The highest BCUT2D eigenvalue weighted by atomic mass is 32.2. The Morgan fingerprint density at radius 1 is 1.45 bits per heavy atom. The maximum Gasteiger partial charge on any atom is 0.178 e. The van der Waals surface area contributed by atoms with Crippen LogP contribution in [0.15, 0.2) is 23.1 Å². The molecular weight excluding hydrogens is 312 g/mol. The van der Waals surface area contributed by atoms with Crippen molar-refractivity contribution in [2.24, 2.45) is 0 Å². The van der Waals surface area contributed by atoms with Crippen LogP contribution < -0.4 is 0 Å². The fourth-order valence-electron chi connectivity index (χ4n) is 2.23. The van der Waals surface area contributed by atoms with Crippen LogP contribution in [0.5, 0.6) is 0 Å². The summed E-state index contributed by atoms with van der Waals surface area (Å²) in [4.78, 5) is 3.35. The molecule has 0 aliphatic rings. The maximum absolute atomic E-state index is 11.8. The van der Waals surface area contributed by atoms with Crippen molar-refractivity contribution in [2.45, 2.75) is 24.8 Å². The number of nitrogens with zero attached hydrogens (tertiary/aromatic N) is 1. The number of rotatable bonds is 5. The molecule has 2 aromatic rings. The molecule has 0 amide bonds. The number of imidazole rings is 1. The summed E-state index contributed by atoms with van der Waals surface area (Å²) in [6.07, 6.45) is 1.21. The van der Waals surface area contributed by atoms with Gasteiger partial charge in [0, 0.05) is 18.1 Å². The molecule has 4 nitrogen and oxygen atoms in total. The van der Waals surface area contributed by atoms with Gasteiger partial charge in [-0.1, -0.05) is 13.0 Å². The molecule has 0 spiro atoms. The van der Waals surface area contributed by atoms with Crippen LogP contribution in [-0.2, 0) is 9.84 Å². The van der Waals surface area contributed by atoms with Crippen LogP contribution in [0.3, 0.4) is 0 Å². The first-order valence-corrected chi connectivity index (χ1v) is 9.82. The van der Waals surface area contributed by atoms with E-state index in [-0.39, 0.29) is 6.04 Å². The van der Waals surface area contributed by atoms with E-state index >= 15 is 0 Å². The molecule has 0 fully saturated rings. The molecule has 20 heavy (non-hydrogen) atoms. The highest BCUT2D eigenvalue weighted by molar-refractivity contribution is 7.99. The van der Waals surface area contributed by atoms with Crippen molar-refractivity contribution in [3.05, 3.63) is 23.0 Å². The molecule has 1 aromatic carbocycles. The first-order chi connectivity index (χ1) is 9.36. The summed E-state index contributed by atoms with van der Waals surface area (Å²) in [5.41, 5.74) is 1.45. The lowest BCUT2D eigenvalue weighted by molar-refractivity contribution is 0.602. The molecule has 0 aliphatic carbocycles. The Balaban J connectivity index is 2.64. The van der Waals surface area contributed by atoms with Crippen molar-refractivity contribution >= 4 is 44.9 Å². The fourth-order valence-corrected chi connectivity index (χ4v) is 4.19. The van der Waals surface area contributed by atoms with Crippen molar-refractivity contribution in [1.82, 2.24) is 9.55 Å². The van der Waals surface area contributed by atoms with Gasteiger partial charge in [-0.25, -0.2) is 8.42 Å². The Morgan fingerprint density at radius 3 is 2.75 bits per heavy atom. The van der Waals surface area contributed by atoms with Crippen molar-refractivity contribution in [1.29, 1.82) is 0 Å². The Bertz CT molecular complexity index is 775. The number of aromatic amines is 1. The van der Waals surface area contributed by atoms with Crippen molar-refractivity contribution in [2.75, 3.05) is 17.8 Å². The van der Waals surface area contributed by atoms with Gasteiger partial charge >= 0.3 is 0 Å². The second-order valence-corrected chi connectivity index (χ2v) is 8.42. The third-order valence-corrected chi connectivity index (χ3v) is 5.68. The highest BCUT2D eigenvalue weighted by Crippen LogP contribution is 2.26. The number of hydrogen-bond donors (Lipinski definition) is 1. The van der Waals surface area contributed by atoms with E-state index < -0.39 is 9.84 Å². The average molecular weight is 331 g/mol. The number of para-hydroxylation sites is 1. The highest BCUT2D eigenvalue weighted by Gasteiger charge is 2.17. The lowest BCUT2D eigenvalue weighted by Crippen LogP contribution is -2.08. The number of H-pyrrole nitrogens is 1. The van der Waals surface area contributed by atoms with Crippen LogP contribution in [0.1, 0.15) is 19.9 Å². The van der Waals surface area contributed by atoms with Crippen LogP contribution in [0, 0.1) is 4.77 Å². The second kappa shape index (κ2) is 5.91. The molecule has 1 unspecified atom stereocenters. The van der Waals surface area contributed by atoms with Crippen molar-refractivity contribution in [3.8, 4) is 0 Å². The first kappa shape index (κ1) is 15.6. The lowest BCUT2D eigenvalue weighted by atomic mass is 10.3. The standard InChI is InChI=1S/C13H18N2O2S3/c1-4-19-8-9(2)15-10-6-5-7-11(20(3,16)17)12(10)14-13(15)18/h5-7,9H,4,8H2,1-3H3,(H,14,18). The summed E-state index contributed by atoms with van der Waals surface area (Å²) in [5, 5.41) is 0. The largest absolute Gasteiger partial charge is 0.329 e. The number of hydrogen-bond acceptors (Lipinski definition) is 4. The van der Waals surface area contributed by atoms with Gasteiger partial charge in [0.15, 0.2) is 14.6 Å². The molecule has 1 heterocycles. The monoisotopic (exact) mass is 330 g/mol. The van der Waals surface area contributed by atoms with Crippen LogP contribution in [0.2, 0.25) is 0 Å². The van der Waals surface area contributed by atoms with E-state index in [0.717, 1.165) is 17.0 Å². The molecule has 1 N–H and O–H groups in total. The zero-order chi connectivity index (χ0) is 14.9. The topological polar surface area (TPSA) is 54.9 Å². The summed E-state index contributed by atoms with van der Waals surface area (Å²) >= 11 is 7.21. The van der Waals surface area contributed by atoms with E-state index in [9.17, 15) is 8.42 Å². The quantitative estimate of drug-likeness (QED) is 0.854. The van der Waals surface area contributed by atoms with Gasteiger partial charge in [-0.05, 0) is 37.0 Å². The predicted octanol–water partition coefficient (Wildman–Crippen LogP) is 3.42. The van der Waals surface area contributed by atoms with Gasteiger partial charge < -0.3 is 9.55 Å². The molecule has 2 rings (SSSR count). The van der Waals surface area contributed by atoms with Gasteiger partial charge in [0.25, 0.3) is 0 Å². The zero-order valence-corrected chi connectivity index (χ0v) is 14.2. The first-order valence-electron chi connectivity index (χ1n) is 6.37. The van der Waals surface area contributed by atoms with Gasteiger partial charge in [-0.2, -0.15) is 11.8 Å². The van der Waals surface area contributed by atoms with E-state index in [0.29, 0.717) is 15.2 Å². The molecule has 110 valence electrons. The van der Waals surface area contributed by atoms with Crippen molar-refractivity contribution < 1.29 is 8.42 Å². The second-order valence-electron chi connectivity index (χ2n) is 4.73. The molecule has 0 saturated heterocycles. The minimum absolute atomic E-state index is 0.219. The molecule has 0 saturated carbocycles. The van der Waals surface area contributed by atoms with Gasteiger partial charge in [0.05, 0.1) is 15.9 Å². The summed E-state index contributed by atoms with van der Waals surface area (Å²) < 4.78 is 26.3. The van der Waals surface area contributed by atoms with E-state index in [2.05, 4.69) is 18.8 Å². The molecule has 0 aliphatic heterocycles. The van der Waals surface area contributed by atoms with Crippen LogP contribution >= 0.6 is 24.0 Å². The molecule has 0 bridgehead atoms. The fraction of sp³-hybridized carbons (Fsp3) is 0.462. The summed E-state index contributed by atoms with van der Waals surface area (Å²) in [5.74, 6) is 2.00. The average Bonchev–Trinajstić information content (AvgIpc) is 2.70. The summed E-state index contributed by atoms with van der Waals surface area (Å²) in [7, 11) is -3.27. The minimum Gasteiger partial charge on any atom is -0.329 e. The van der Waals surface area contributed by atoms with Gasteiger partial charge in [-0.3, -0.25) is 0 Å². The van der Waals surface area contributed by atoms with Crippen molar-refractivity contribution in [3.63, 3.8) is 0 Å². The predicted molar refractivity (Wildman–Crippen MR) is 87.9 cm³/mol. The van der Waals surface area contributed by atoms with Gasteiger partial charge in [0.2, 0.25) is 0 Å². The van der Waals surface area contributed by atoms with Gasteiger partial charge in [-0.15, -0.1) is 0 Å². The number of benzene rings is 1. The Hall–Kier alpha value is -0.790. The molecule has 1 aromatic heterocycles. The third-order valence-electron chi connectivity index (χ3n) is 3.12. The number of fused-ring (bicyclic) bond motifs is 1. The van der Waals surface area contributed by atoms with E-state index in [1.807, 2.05) is 22.4 Å². The molecule has 1 atom stereocenters. The molecule has 7 heteroatoms. The number of aromatic nitrogens is 2. The Kier molecular flexibility index (Phi) is 4.61. The van der Waals surface area contributed by atoms with Gasteiger partial charge in [0.1, 0.15) is 0 Å². The van der Waals surface area contributed by atoms with Crippen LogP contribution in [-0.4, -0.2) is 35.7 Å². The Morgan fingerprint density at radius 2 is 2.15 bits per heavy atom. The zero-order valence-electron chi connectivity index (χ0n) is 11.7. The summed E-state index contributed by atoms with van der Waals surface area (Å²) in [6, 6.07) is 5.50. The normalized spacial score (nSPS) is 13.8. The smallest absolute Gasteiger partial charge is 0.178 e. The third kappa shape index (κ3) is 2.94. The van der Waals surface area contributed by atoms with Crippen LogP contribution in [0.4, 0.5) is 0 Å². The molecule has 0 radical (unpaired) electrons. The maximum atomic E-state index is 11.8. The summed E-state index contributed by atoms with van der Waals surface area (Å²) in [6.45, 7) is 4.21. The Labute approximate surface area is 128 Å². The molecular formula is C13H18N2O2S3. The van der Waals surface area contributed by atoms with E-state index in [4.69, 9.17) is 12.2 Å². The minimum atomic E-state index is -3.27. The van der Waals surface area contributed by atoms with Crippen LogP contribution in [0.25, 0.3) is 11.0 Å².